The van der Waals surface area contributed by atoms with E-state index in [2.05, 4.69) is 6.58 Å². The van der Waals surface area contributed by atoms with E-state index in [1.54, 1.807) is 37.3 Å². The molecule has 6 heteroatoms. The highest BCUT2D eigenvalue weighted by Gasteiger charge is 2.31. The van der Waals surface area contributed by atoms with Crippen molar-refractivity contribution < 1.29 is 29.3 Å². The molecule has 146 valence electrons. The Morgan fingerprint density at radius 2 is 1.71 bits per heavy atom. The Kier molecular flexibility index (Phi) is 6.36. The quantitative estimate of drug-likeness (QED) is 0.324. The van der Waals surface area contributed by atoms with E-state index >= 15 is 0 Å². The van der Waals surface area contributed by atoms with Gasteiger partial charge in [0, 0.05) is 22.3 Å². The molecule has 0 radical (unpaired) electrons. The Morgan fingerprint density at radius 3 is 2.21 bits per heavy atom. The summed E-state index contributed by atoms with van der Waals surface area (Å²) in [5, 5.41) is 20.3. The SMILES string of the molecule is C=C(C)C(=O)Oc1c(O)c(C(=O)O)c(C(=O)c2ccccc2)c(C)c1CCC. The second-order valence-corrected chi connectivity index (χ2v) is 6.45. The molecule has 0 amide bonds. The topological polar surface area (TPSA) is 101 Å². The van der Waals surface area contributed by atoms with Gasteiger partial charge in [0.15, 0.2) is 17.3 Å². The van der Waals surface area contributed by atoms with Gasteiger partial charge in [-0.1, -0.05) is 50.3 Å². The highest BCUT2D eigenvalue weighted by molar-refractivity contribution is 6.16. The molecule has 2 rings (SSSR count). The fourth-order valence-electron chi connectivity index (χ4n) is 2.95. The zero-order valence-corrected chi connectivity index (χ0v) is 16.0. The molecule has 0 saturated heterocycles. The number of benzene rings is 2. The number of aromatic hydroxyl groups is 1. The van der Waals surface area contributed by atoms with E-state index in [4.69, 9.17) is 4.74 Å². The number of rotatable bonds is 7. The van der Waals surface area contributed by atoms with Gasteiger partial charge >= 0.3 is 11.9 Å². The molecule has 2 aromatic carbocycles. The van der Waals surface area contributed by atoms with Crippen LogP contribution in [0.3, 0.4) is 0 Å². The number of carbonyl (C=O) groups is 3. The lowest BCUT2D eigenvalue weighted by Crippen LogP contribution is -2.17. The van der Waals surface area contributed by atoms with Crippen LogP contribution in [0.1, 0.15) is 57.7 Å². The maximum absolute atomic E-state index is 13.0. The van der Waals surface area contributed by atoms with E-state index in [-0.39, 0.29) is 16.9 Å². The van der Waals surface area contributed by atoms with Gasteiger partial charge in [-0.15, -0.1) is 0 Å². The van der Waals surface area contributed by atoms with Crippen LogP contribution in [-0.2, 0) is 11.2 Å². The smallest absolute Gasteiger partial charge is 0.340 e. The molecule has 2 N–H and O–H groups in total. The zero-order chi connectivity index (χ0) is 21.0. The third-order valence-electron chi connectivity index (χ3n) is 4.32. The first-order chi connectivity index (χ1) is 13.2. The minimum absolute atomic E-state index is 0.0980. The number of hydrogen-bond acceptors (Lipinski definition) is 5. The Hall–Kier alpha value is -3.41. The molecule has 0 aromatic heterocycles. The van der Waals surface area contributed by atoms with E-state index in [1.807, 2.05) is 6.92 Å². The lowest BCUT2D eigenvalue weighted by atomic mass is 9.88. The van der Waals surface area contributed by atoms with Crippen LogP contribution in [0.15, 0.2) is 42.5 Å². The molecule has 0 atom stereocenters. The molecule has 0 aliphatic heterocycles. The zero-order valence-electron chi connectivity index (χ0n) is 16.0. The number of ether oxygens (including phenoxy) is 1. The van der Waals surface area contributed by atoms with Crippen molar-refractivity contribution in [3.63, 3.8) is 0 Å². The predicted octanol–water partition coefficient (Wildman–Crippen LogP) is 4.06. The summed E-state index contributed by atoms with van der Waals surface area (Å²) in [5.74, 6) is -3.79. The molecular formula is C22H22O6. The van der Waals surface area contributed by atoms with Crippen molar-refractivity contribution in [1.82, 2.24) is 0 Å². The van der Waals surface area contributed by atoms with Crippen LogP contribution >= 0.6 is 0 Å². The van der Waals surface area contributed by atoms with E-state index in [1.165, 1.54) is 6.92 Å². The number of phenols is 1. The Balaban J connectivity index is 2.82. The average Bonchev–Trinajstić information content (AvgIpc) is 2.66. The van der Waals surface area contributed by atoms with Crippen LogP contribution in [0.5, 0.6) is 11.5 Å². The number of carboxylic acid groups (broad SMARTS) is 1. The van der Waals surface area contributed by atoms with E-state index in [9.17, 15) is 24.6 Å². The fourth-order valence-corrected chi connectivity index (χ4v) is 2.95. The summed E-state index contributed by atoms with van der Waals surface area (Å²) in [6, 6.07) is 8.21. The van der Waals surface area contributed by atoms with Gasteiger partial charge < -0.3 is 14.9 Å². The van der Waals surface area contributed by atoms with Gasteiger partial charge in [-0.2, -0.15) is 0 Å². The average molecular weight is 382 g/mol. The number of carbonyl (C=O) groups excluding carboxylic acids is 2. The van der Waals surface area contributed by atoms with E-state index in [0.29, 0.717) is 29.5 Å². The van der Waals surface area contributed by atoms with Gasteiger partial charge in [0.1, 0.15) is 5.56 Å². The van der Waals surface area contributed by atoms with Crippen molar-refractivity contribution in [3.8, 4) is 11.5 Å². The number of aromatic carboxylic acids is 1. The predicted molar refractivity (Wildman–Crippen MR) is 104 cm³/mol. The summed E-state index contributed by atoms with van der Waals surface area (Å²) in [6.07, 6.45) is 1.01. The Morgan fingerprint density at radius 1 is 1.11 bits per heavy atom. The maximum Gasteiger partial charge on any atom is 0.340 e. The molecule has 6 nitrogen and oxygen atoms in total. The second-order valence-electron chi connectivity index (χ2n) is 6.45. The fraction of sp³-hybridized carbons (Fsp3) is 0.227. The van der Waals surface area contributed by atoms with Crippen molar-refractivity contribution in [2.75, 3.05) is 0 Å². The number of hydrogen-bond donors (Lipinski definition) is 2. The molecule has 0 unspecified atom stereocenters. The van der Waals surface area contributed by atoms with Crippen LogP contribution in [0, 0.1) is 6.92 Å². The molecule has 0 fully saturated rings. The van der Waals surface area contributed by atoms with E-state index in [0.717, 1.165) is 0 Å². The molecule has 0 aliphatic rings. The van der Waals surface area contributed by atoms with Crippen molar-refractivity contribution in [2.45, 2.75) is 33.6 Å². The standard InChI is InChI=1S/C22H22O6/c1-5-9-15-13(4)16(18(23)14-10-7-6-8-11-14)17(21(25)26)19(24)20(15)28-22(27)12(2)3/h6-8,10-11,24H,2,5,9H2,1,3-4H3,(H,25,26). The third kappa shape index (κ3) is 3.96. The summed E-state index contributed by atoms with van der Waals surface area (Å²) >= 11 is 0. The Bertz CT molecular complexity index is 957. The molecular weight excluding hydrogens is 360 g/mol. The molecule has 2 aromatic rings. The highest BCUT2D eigenvalue weighted by atomic mass is 16.5. The summed E-state index contributed by atoms with van der Waals surface area (Å²) in [4.78, 5) is 37.0. The van der Waals surface area contributed by atoms with Crippen LogP contribution in [0.25, 0.3) is 0 Å². The van der Waals surface area contributed by atoms with Gasteiger partial charge in [0.2, 0.25) is 0 Å². The maximum atomic E-state index is 13.0. The molecule has 0 bridgehead atoms. The molecule has 0 heterocycles. The van der Waals surface area contributed by atoms with Gasteiger partial charge in [0.25, 0.3) is 0 Å². The highest BCUT2D eigenvalue weighted by Crippen LogP contribution is 2.41. The third-order valence-corrected chi connectivity index (χ3v) is 4.32. The molecule has 0 aliphatic carbocycles. The lowest BCUT2D eigenvalue weighted by molar-refractivity contribution is -0.130. The first kappa shape index (κ1) is 20.9. The van der Waals surface area contributed by atoms with Gasteiger partial charge in [-0.25, -0.2) is 9.59 Å². The van der Waals surface area contributed by atoms with Crippen LogP contribution in [-0.4, -0.2) is 27.9 Å². The first-order valence-corrected chi connectivity index (χ1v) is 8.79. The van der Waals surface area contributed by atoms with Gasteiger partial charge in [-0.05, 0) is 25.8 Å². The van der Waals surface area contributed by atoms with Crippen molar-refractivity contribution in [3.05, 3.63) is 70.3 Å². The number of ketones is 1. The van der Waals surface area contributed by atoms with Crippen molar-refractivity contribution in [2.24, 2.45) is 0 Å². The normalized spacial score (nSPS) is 10.4. The van der Waals surface area contributed by atoms with Gasteiger partial charge in [0.05, 0.1) is 0 Å². The molecule has 0 spiro atoms. The molecule has 0 saturated carbocycles. The van der Waals surface area contributed by atoms with Gasteiger partial charge in [-0.3, -0.25) is 4.79 Å². The second kappa shape index (κ2) is 8.52. The van der Waals surface area contributed by atoms with E-state index < -0.39 is 29.0 Å². The summed E-state index contributed by atoms with van der Waals surface area (Å²) in [5.41, 5.74) is 0.460. The lowest BCUT2D eigenvalue weighted by Gasteiger charge is -2.20. The Labute approximate surface area is 163 Å². The van der Waals surface area contributed by atoms with Crippen molar-refractivity contribution >= 4 is 17.7 Å². The number of carboxylic acids is 1. The largest absolute Gasteiger partial charge is 0.504 e. The monoisotopic (exact) mass is 382 g/mol. The first-order valence-electron chi connectivity index (χ1n) is 8.79. The number of esters is 1. The minimum atomic E-state index is -1.49. The van der Waals surface area contributed by atoms with Crippen LogP contribution in [0.4, 0.5) is 0 Å². The minimum Gasteiger partial charge on any atom is -0.504 e. The summed E-state index contributed by atoms with van der Waals surface area (Å²) in [6.45, 7) is 8.40. The van der Waals surface area contributed by atoms with Crippen molar-refractivity contribution in [1.29, 1.82) is 0 Å². The van der Waals surface area contributed by atoms with Crippen LogP contribution in [0.2, 0.25) is 0 Å². The molecule has 28 heavy (non-hydrogen) atoms. The summed E-state index contributed by atoms with van der Waals surface area (Å²) in [7, 11) is 0. The van der Waals surface area contributed by atoms with Crippen LogP contribution < -0.4 is 4.74 Å². The summed E-state index contributed by atoms with van der Waals surface area (Å²) < 4.78 is 5.24.